The van der Waals surface area contributed by atoms with E-state index in [1.165, 1.54) is 0 Å². The molecular formula is C11H16N2O2. The van der Waals surface area contributed by atoms with Gasteiger partial charge in [-0.1, -0.05) is 0 Å². The van der Waals surface area contributed by atoms with Gasteiger partial charge in [0.1, 0.15) is 0 Å². The van der Waals surface area contributed by atoms with Gasteiger partial charge in [0.25, 0.3) is 0 Å². The zero-order chi connectivity index (χ0) is 10.9. The lowest BCUT2D eigenvalue weighted by Crippen LogP contribution is -2.30. The van der Waals surface area contributed by atoms with Crippen LogP contribution >= 0.6 is 0 Å². The van der Waals surface area contributed by atoms with Gasteiger partial charge in [-0.15, -0.1) is 0 Å². The molecule has 4 nitrogen and oxygen atoms in total. The number of aliphatic hydroxyl groups excluding tert-OH is 1. The van der Waals surface area contributed by atoms with Gasteiger partial charge in [0.15, 0.2) is 0 Å². The van der Waals surface area contributed by atoms with Crippen LogP contribution in [0.4, 0.5) is 5.69 Å². The van der Waals surface area contributed by atoms with E-state index in [4.69, 9.17) is 0 Å². The molecule has 1 aliphatic rings. The molecule has 0 bridgehead atoms. The topological polar surface area (TPSA) is 56.6 Å². The van der Waals surface area contributed by atoms with Crippen LogP contribution in [0, 0.1) is 0 Å². The van der Waals surface area contributed by atoms with E-state index in [-0.39, 0.29) is 6.61 Å². The molecule has 1 aromatic rings. The predicted octanol–water partition coefficient (Wildman–Crippen LogP) is 0.535. The van der Waals surface area contributed by atoms with Crippen LogP contribution in [0.3, 0.4) is 0 Å². The molecule has 0 amide bonds. The maximum Gasteiger partial charge on any atom is 0.0810 e. The van der Waals surface area contributed by atoms with Crippen LogP contribution in [0.15, 0.2) is 18.5 Å². The molecule has 82 valence electrons. The van der Waals surface area contributed by atoms with E-state index in [2.05, 4.69) is 9.88 Å². The first-order chi connectivity index (χ1) is 7.12. The van der Waals surface area contributed by atoms with Crippen molar-refractivity contribution in [1.82, 2.24) is 4.98 Å². The molecule has 1 aliphatic heterocycles. The number of aromatic nitrogens is 1. The number of rotatable bonds is 2. The fourth-order valence-corrected chi connectivity index (χ4v) is 1.98. The molecule has 15 heavy (non-hydrogen) atoms. The second kappa shape index (κ2) is 3.79. The van der Waals surface area contributed by atoms with Crippen LogP contribution in [-0.4, -0.2) is 33.9 Å². The van der Waals surface area contributed by atoms with Gasteiger partial charge in [-0.25, -0.2) is 0 Å². The number of pyridine rings is 1. The van der Waals surface area contributed by atoms with Crippen molar-refractivity contribution in [3.05, 3.63) is 24.0 Å². The summed E-state index contributed by atoms with van der Waals surface area (Å²) in [4.78, 5) is 6.12. The number of hydrogen-bond acceptors (Lipinski definition) is 4. The molecule has 0 aromatic carbocycles. The van der Waals surface area contributed by atoms with E-state index in [0.717, 1.165) is 24.2 Å². The number of anilines is 1. The molecule has 1 saturated heterocycles. The van der Waals surface area contributed by atoms with Crippen molar-refractivity contribution in [2.24, 2.45) is 0 Å². The van der Waals surface area contributed by atoms with Gasteiger partial charge >= 0.3 is 0 Å². The van der Waals surface area contributed by atoms with Crippen molar-refractivity contribution in [3.63, 3.8) is 0 Å². The summed E-state index contributed by atoms with van der Waals surface area (Å²) in [7, 11) is 0. The Hall–Kier alpha value is -1.13. The summed E-state index contributed by atoms with van der Waals surface area (Å²) in [6.07, 6.45) is 4.17. The minimum atomic E-state index is -0.622. The molecule has 2 heterocycles. The maximum absolute atomic E-state index is 9.87. The Morgan fingerprint density at radius 3 is 3.00 bits per heavy atom. The maximum atomic E-state index is 9.87. The van der Waals surface area contributed by atoms with E-state index in [1.54, 1.807) is 12.4 Å². The third kappa shape index (κ3) is 2.11. The van der Waals surface area contributed by atoms with Crippen molar-refractivity contribution in [2.75, 3.05) is 18.0 Å². The first kappa shape index (κ1) is 10.4. The zero-order valence-electron chi connectivity index (χ0n) is 8.85. The Balaban J connectivity index is 2.23. The minimum absolute atomic E-state index is 0.0104. The van der Waals surface area contributed by atoms with Gasteiger partial charge in [-0.05, 0) is 19.4 Å². The van der Waals surface area contributed by atoms with Crippen molar-refractivity contribution >= 4 is 5.69 Å². The van der Waals surface area contributed by atoms with E-state index >= 15 is 0 Å². The molecule has 0 saturated carbocycles. The molecule has 1 aromatic heterocycles. The van der Waals surface area contributed by atoms with Crippen molar-refractivity contribution in [1.29, 1.82) is 0 Å². The first-order valence-corrected chi connectivity index (χ1v) is 5.13. The highest BCUT2D eigenvalue weighted by atomic mass is 16.3. The molecule has 2 rings (SSSR count). The summed E-state index contributed by atoms with van der Waals surface area (Å²) in [6.45, 7) is 3.26. The van der Waals surface area contributed by atoms with E-state index in [0.29, 0.717) is 6.54 Å². The number of hydrogen-bond donors (Lipinski definition) is 2. The number of nitrogens with zero attached hydrogens (tertiary/aromatic N) is 2. The van der Waals surface area contributed by atoms with Crippen LogP contribution < -0.4 is 4.90 Å². The Labute approximate surface area is 89.2 Å². The summed E-state index contributed by atoms with van der Waals surface area (Å²) in [5.41, 5.74) is 1.17. The second-order valence-corrected chi connectivity index (χ2v) is 4.33. The lowest BCUT2D eigenvalue weighted by Gasteiger charge is -2.22. The van der Waals surface area contributed by atoms with E-state index in [9.17, 15) is 10.2 Å². The van der Waals surface area contributed by atoms with E-state index < -0.39 is 5.60 Å². The predicted molar refractivity (Wildman–Crippen MR) is 57.6 cm³/mol. The molecule has 4 heteroatoms. The lowest BCUT2D eigenvalue weighted by atomic mass is 10.1. The van der Waals surface area contributed by atoms with Crippen molar-refractivity contribution in [3.8, 4) is 0 Å². The molecule has 1 atom stereocenters. The van der Waals surface area contributed by atoms with Gasteiger partial charge in [0.05, 0.1) is 24.1 Å². The SMILES string of the molecule is CC1(O)CCN(c2cnccc2CO)C1. The fourth-order valence-electron chi connectivity index (χ4n) is 1.98. The smallest absolute Gasteiger partial charge is 0.0810 e. The number of aliphatic hydroxyl groups is 2. The Bertz CT molecular complexity index is 352. The Morgan fingerprint density at radius 1 is 1.60 bits per heavy atom. The molecule has 1 unspecified atom stereocenters. The monoisotopic (exact) mass is 208 g/mol. The van der Waals surface area contributed by atoms with Gasteiger partial charge in [-0.2, -0.15) is 0 Å². The van der Waals surface area contributed by atoms with Crippen LogP contribution in [0.1, 0.15) is 18.9 Å². The van der Waals surface area contributed by atoms with Gasteiger partial charge in [0, 0.05) is 24.8 Å². The molecule has 1 fully saturated rings. The van der Waals surface area contributed by atoms with Crippen LogP contribution in [-0.2, 0) is 6.61 Å². The normalized spacial score (nSPS) is 25.9. The van der Waals surface area contributed by atoms with Crippen LogP contribution in [0.5, 0.6) is 0 Å². The summed E-state index contributed by atoms with van der Waals surface area (Å²) in [5.74, 6) is 0. The van der Waals surface area contributed by atoms with E-state index in [1.807, 2.05) is 13.0 Å². The highest BCUT2D eigenvalue weighted by Crippen LogP contribution is 2.28. The summed E-state index contributed by atoms with van der Waals surface area (Å²) in [5, 5.41) is 19.1. The quantitative estimate of drug-likeness (QED) is 0.744. The van der Waals surface area contributed by atoms with Crippen molar-refractivity contribution in [2.45, 2.75) is 25.6 Å². The highest BCUT2D eigenvalue weighted by molar-refractivity contribution is 5.52. The second-order valence-electron chi connectivity index (χ2n) is 4.33. The molecule has 0 aliphatic carbocycles. The minimum Gasteiger partial charge on any atom is -0.392 e. The Morgan fingerprint density at radius 2 is 2.40 bits per heavy atom. The molecular weight excluding hydrogens is 192 g/mol. The number of β-amino-alcohol motifs (C(OH)–C–C–N with tert-alkyl or cyclic N) is 1. The summed E-state index contributed by atoms with van der Waals surface area (Å²) in [6, 6.07) is 1.81. The van der Waals surface area contributed by atoms with Gasteiger partial charge in [-0.3, -0.25) is 4.98 Å². The first-order valence-electron chi connectivity index (χ1n) is 5.13. The van der Waals surface area contributed by atoms with Crippen LogP contribution in [0.25, 0.3) is 0 Å². The molecule has 0 spiro atoms. The summed E-state index contributed by atoms with van der Waals surface area (Å²) >= 11 is 0. The average molecular weight is 208 g/mol. The standard InChI is InChI=1S/C11H16N2O2/c1-11(15)3-5-13(8-11)10-6-12-4-2-9(10)7-14/h2,4,6,14-15H,3,5,7-8H2,1H3. The van der Waals surface area contributed by atoms with Gasteiger partial charge in [0.2, 0.25) is 0 Å². The zero-order valence-corrected chi connectivity index (χ0v) is 8.85. The molecule has 0 radical (unpaired) electrons. The third-order valence-electron chi connectivity index (χ3n) is 2.85. The Kier molecular flexibility index (Phi) is 2.63. The average Bonchev–Trinajstić information content (AvgIpc) is 2.59. The lowest BCUT2D eigenvalue weighted by molar-refractivity contribution is 0.0839. The fraction of sp³-hybridized carbons (Fsp3) is 0.545. The third-order valence-corrected chi connectivity index (χ3v) is 2.85. The van der Waals surface area contributed by atoms with Crippen molar-refractivity contribution < 1.29 is 10.2 Å². The van der Waals surface area contributed by atoms with Gasteiger partial charge < -0.3 is 15.1 Å². The molecule has 2 N–H and O–H groups in total. The highest BCUT2D eigenvalue weighted by Gasteiger charge is 2.32. The largest absolute Gasteiger partial charge is 0.392 e. The van der Waals surface area contributed by atoms with Crippen LogP contribution in [0.2, 0.25) is 0 Å². The summed E-state index contributed by atoms with van der Waals surface area (Å²) < 4.78 is 0.